The Kier molecular flexibility index (Phi) is 3.85. The molecule has 2 aromatic rings. The number of esters is 1. The predicted octanol–water partition coefficient (Wildman–Crippen LogP) is 2.25. The Labute approximate surface area is 114 Å². The van der Waals surface area contributed by atoms with Gasteiger partial charge >= 0.3 is 5.97 Å². The van der Waals surface area contributed by atoms with Crippen molar-refractivity contribution in [1.82, 2.24) is 9.55 Å². The molecule has 5 nitrogen and oxygen atoms in total. The monoisotopic (exact) mass is 280 g/mol. The van der Waals surface area contributed by atoms with Gasteiger partial charge in [0.25, 0.3) is 0 Å². The molecule has 0 atom stereocenters. The summed E-state index contributed by atoms with van der Waals surface area (Å²) in [5.74, 6) is -0.640. The summed E-state index contributed by atoms with van der Waals surface area (Å²) >= 11 is 5.80. The first-order valence-electron chi connectivity index (χ1n) is 5.95. The Morgan fingerprint density at radius 1 is 1.42 bits per heavy atom. The minimum atomic E-state index is -0.640. The topological polar surface area (TPSA) is 61.2 Å². The van der Waals surface area contributed by atoms with E-state index in [1.165, 1.54) is 6.20 Å². The molecule has 0 radical (unpaired) electrons. The van der Waals surface area contributed by atoms with Gasteiger partial charge in [0.15, 0.2) is 0 Å². The number of hydrogen-bond acceptors (Lipinski definition) is 4. The highest BCUT2D eigenvalue weighted by Gasteiger charge is 2.17. The van der Waals surface area contributed by atoms with Crippen molar-refractivity contribution in [2.45, 2.75) is 20.4 Å². The van der Waals surface area contributed by atoms with Gasteiger partial charge in [-0.15, -0.1) is 0 Å². The molecule has 2 rings (SSSR count). The van der Waals surface area contributed by atoms with Crippen LogP contribution in [-0.2, 0) is 11.3 Å². The molecule has 0 aliphatic carbocycles. The predicted molar refractivity (Wildman–Crippen MR) is 72.6 cm³/mol. The summed E-state index contributed by atoms with van der Waals surface area (Å²) in [6.07, 6.45) is 1.50. The molecule has 0 unspecified atom stereocenters. The van der Waals surface area contributed by atoms with Crippen molar-refractivity contribution in [3.8, 4) is 0 Å². The lowest BCUT2D eigenvalue weighted by Crippen LogP contribution is -2.21. The zero-order valence-electron chi connectivity index (χ0n) is 10.6. The number of aromatic nitrogens is 2. The molecule has 19 heavy (non-hydrogen) atoms. The van der Waals surface area contributed by atoms with Gasteiger partial charge in [-0.1, -0.05) is 11.6 Å². The molecule has 0 saturated carbocycles. The van der Waals surface area contributed by atoms with E-state index in [0.717, 1.165) is 0 Å². The van der Waals surface area contributed by atoms with Crippen LogP contribution in [0.2, 0.25) is 5.15 Å². The number of carbonyl (C=O) groups excluding carboxylic acids is 1. The molecule has 0 aromatic carbocycles. The zero-order chi connectivity index (χ0) is 14.0. The summed E-state index contributed by atoms with van der Waals surface area (Å²) in [7, 11) is 0. The van der Waals surface area contributed by atoms with E-state index in [0.29, 0.717) is 12.1 Å². The van der Waals surface area contributed by atoms with Crippen molar-refractivity contribution >= 4 is 28.6 Å². The third-order valence-electron chi connectivity index (χ3n) is 2.73. The minimum absolute atomic E-state index is 0.0223. The van der Waals surface area contributed by atoms with Crippen LogP contribution in [-0.4, -0.2) is 22.1 Å². The Hall–Kier alpha value is -1.88. The van der Waals surface area contributed by atoms with E-state index < -0.39 is 11.4 Å². The van der Waals surface area contributed by atoms with Gasteiger partial charge in [-0.25, -0.2) is 9.78 Å². The van der Waals surface area contributed by atoms with Crippen LogP contribution in [0.1, 0.15) is 24.2 Å². The quantitative estimate of drug-likeness (QED) is 0.639. The van der Waals surface area contributed by atoms with Crippen LogP contribution in [0.5, 0.6) is 0 Å². The standard InChI is InChI=1S/C13H13ClN2O3/c1-3-16-7-8(13(18)19-4-2)12(17)11-9(16)5-6-10(14)15-11/h5-7H,3-4H2,1-2H3. The SMILES string of the molecule is CCOC(=O)c1cn(CC)c2ccc(Cl)nc2c1=O. The van der Waals surface area contributed by atoms with Gasteiger partial charge in [0.2, 0.25) is 5.43 Å². The molecule has 0 aliphatic rings. The second-order valence-electron chi connectivity index (χ2n) is 3.88. The second kappa shape index (κ2) is 5.40. The van der Waals surface area contributed by atoms with Crippen molar-refractivity contribution in [3.63, 3.8) is 0 Å². The molecule has 0 N–H and O–H groups in total. The Morgan fingerprint density at radius 3 is 2.79 bits per heavy atom. The number of fused-ring (bicyclic) bond motifs is 1. The number of hydrogen-bond donors (Lipinski definition) is 0. The number of nitrogens with zero attached hydrogens (tertiary/aromatic N) is 2. The third kappa shape index (κ3) is 2.46. The van der Waals surface area contributed by atoms with Crippen LogP contribution in [0.25, 0.3) is 11.0 Å². The number of aryl methyl sites for hydroxylation is 1. The molecular formula is C13H13ClN2O3. The molecule has 2 heterocycles. The van der Waals surface area contributed by atoms with Crippen LogP contribution in [0.15, 0.2) is 23.1 Å². The van der Waals surface area contributed by atoms with Gasteiger partial charge in [0, 0.05) is 12.7 Å². The number of pyridine rings is 2. The first-order valence-corrected chi connectivity index (χ1v) is 6.33. The molecule has 0 aliphatic heterocycles. The number of carbonyl (C=O) groups is 1. The van der Waals surface area contributed by atoms with Crippen LogP contribution in [0.3, 0.4) is 0 Å². The van der Waals surface area contributed by atoms with Gasteiger partial charge in [0.1, 0.15) is 16.2 Å². The fourth-order valence-electron chi connectivity index (χ4n) is 1.85. The van der Waals surface area contributed by atoms with Crippen molar-refractivity contribution in [1.29, 1.82) is 0 Å². The summed E-state index contributed by atoms with van der Waals surface area (Å²) in [4.78, 5) is 28.0. The largest absolute Gasteiger partial charge is 0.462 e. The van der Waals surface area contributed by atoms with E-state index in [1.54, 1.807) is 23.6 Å². The lowest BCUT2D eigenvalue weighted by molar-refractivity contribution is 0.0524. The second-order valence-corrected chi connectivity index (χ2v) is 4.27. The molecule has 0 fully saturated rings. The summed E-state index contributed by atoms with van der Waals surface area (Å²) in [5.41, 5.74) is 0.344. The molecular weight excluding hydrogens is 268 g/mol. The van der Waals surface area contributed by atoms with Crippen molar-refractivity contribution in [3.05, 3.63) is 39.3 Å². The Bertz CT molecular complexity index is 694. The highest BCUT2D eigenvalue weighted by molar-refractivity contribution is 6.29. The van der Waals surface area contributed by atoms with Crippen molar-refractivity contribution < 1.29 is 9.53 Å². The fourth-order valence-corrected chi connectivity index (χ4v) is 2.00. The molecule has 100 valence electrons. The fraction of sp³-hybridized carbons (Fsp3) is 0.308. The molecule has 0 amide bonds. The number of rotatable bonds is 3. The third-order valence-corrected chi connectivity index (χ3v) is 2.94. The van der Waals surface area contributed by atoms with Crippen LogP contribution in [0, 0.1) is 0 Å². The van der Waals surface area contributed by atoms with Crippen LogP contribution >= 0.6 is 11.6 Å². The van der Waals surface area contributed by atoms with E-state index in [1.807, 2.05) is 6.92 Å². The smallest absolute Gasteiger partial charge is 0.343 e. The number of ether oxygens (including phenoxy) is 1. The van der Waals surface area contributed by atoms with Gasteiger partial charge in [-0.3, -0.25) is 4.79 Å². The molecule has 0 saturated heterocycles. The average Bonchev–Trinajstić information content (AvgIpc) is 2.40. The highest BCUT2D eigenvalue weighted by atomic mass is 35.5. The maximum atomic E-state index is 12.2. The van der Waals surface area contributed by atoms with E-state index in [9.17, 15) is 9.59 Å². The normalized spacial score (nSPS) is 10.7. The summed E-state index contributed by atoms with van der Waals surface area (Å²) in [6, 6.07) is 3.32. The molecule has 0 spiro atoms. The average molecular weight is 281 g/mol. The maximum Gasteiger partial charge on any atom is 0.343 e. The summed E-state index contributed by atoms with van der Waals surface area (Å²) in [6.45, 7) is 4.41. The van der Waals surface area contributed by atoms with Gasteiger partial charge < -0.3 is 9.30 Å². The summed E-state index contributed by atoms with van der Waals surface area (Å²) in [5, 5.41) is 0.216. The van der Waals surface area contributed by atoms with E-state index in [4.69, 9.17) is 16.3 Å². The first-order chi connectivity index (χ1) is 9.08. The molecule has 2 aromatic heterocycles. The zero-order valence-corrected chi connectivity index (χ0v) is 11.4. The Balaban J connectivity index is 2.77. The van der Waals surface area contributed by atoms with Crippen LogP contribution < -0.4 is 5.43 Å². The first kappa shape index (κ1) is 13.5. The summed E-state index contributed by atoms with van der Waals surface area (Å²) < 4.78 is 6.64. The van der Waals surface area contributed by atoms with Gasteiger partial charge in [-0.05, 0) is 26.0 Å². The van der Waals surface area contributed by atoms with Gasteiger partial charge in [0.05, 0.1) is 12.1 Å². The highest BCUT2D eigenvalue weighted by Crippen LogP contribution is 2.14. The minimum Gasteiger partial charge on any atom is -0.462 e. The molecule has 0 bridgehead atoms. The van der Waals surface area contributed by atoms with Crippen molar-refractivity contribution in [2.75, 3.05) is 6.61 Å². The van der Waals surface area contributed by atoms with E-state index in [2.05, 4.69) is 4.98 Å². The number of halogens is 1. The van der Waals surface area contributed by atoms with E-state index >= 15 is 0 Å². The lowest BCUT2D eigenvalue weighted by Gasteiger charge is -2.10. The molecule has 6 heteroatoms. The van der Waals surface area contributed by atoms with Gasteiger partial charge in [-0.2, -0.15) is 0 Å². The van der Waals surface area contributed by atoms with Crippen molar-refractivity contribution in [2.24, 2.45) is 0 Å². The maximum absolute atomic E-state index is 12.2. The van der Waals surface area contributed by atoms with Crippen LogP contribution in [0.4, 0.5) is 0 Å². The van der Waals surface area contributed by atoms with E-state index in [-0.39, 0.29) is 22.8 Å². The Morgan fingerprint density at radius 2 is 2.16 bits per heavy atom. The lowest BCUT2D eigenvalue weighted by atomic mass is 10.2.